The Hall–Kier alpha value is -3.21. The molecule has 7 nitrogen and oxygen atoms in total. The van der Waals surface area contributed by atoms with Gasteiger partial charge < -0.3 is 9.84 Å². The van der Waals surface area contributed by atoms with E-state index in [1.54, 1.807) is 16.8 Å². The van der Waals surface area contributed by atoms with Crippen molar-refractivity contribution < 1.29 is 23.1 Å². The molecule has 0 unspecified atom stereocenters. The van der Waals surface area contributed by atoms with E-state index in [9.17, 15) is 18.3 Å². The molecular formula is C21H16N2O5S3. The number of thiophene rings is 1. The minimum absolute atomic E-state index is 0.0766. The summed E-state index contributed by atoms with van der Waals surface area (Å²) in [4.78, 5) is 16.9. The Balaban J connectivity index is 1.45. The van der Waals surface area contributed by atoms with Gasteiger partial charge in [-0.25, -0.2) is 18.2 Å². The number of esters is 1. The van der Waals surface area contributed by atoms with Crippen LogP contribution in [0.25, 0.3) is 10.6 Å². The van der Waals surface area contributed by atoms with Crippen LogP contribution in [0, 0.1) is 0 Å². The Kier molecular flexibility index (Phi) is 6.03. The van der Waals surface area contributed by atoms with Gasteiger partial charge >= 0.3 is 5.97 Å². The third kappa shape index (κ3) is 4.93. The highest BCUT2D eigenvalue weighted by Crippen LogP contribution is 2.27. The highest BCUT2D eigenvalue weighted by Gasteiger charge is 2.19. The molecule has 0 bridgehead atoms. The first kappa shape index (κ1) is 21.0. The minimum Gasteiger partial charge on any atom is -0.507 e. The lowest BCUT2D eigenvalue weighted by molar-refractivity contribution is 0.0465. The normalized spacial score (nSPS) is 11.2. The van der Waals surface area contributed by atoms with Gasteiger partial charge in [0.1, 0.15) is 27.1 Å². The topological polar surface area (TPSA) is 106 Å². The molecule has 2 aromatic carbocycles. The van der Waals surface area contributed by atoms with Gasteiger partial charge in [-0.1, -0.05) is 36.4 Å². The van der Waals surface area contributed by atoms with Crippen molar-refractivity contribution in [2.24, 2.45) is 0 Å². The molecule has 0 atom stereocenters. The third-order valence-corrected chi connectivity index (χ3v) is 7.87. The number of nitrogens with zero attached hydrogens (tertiary/aromatic N) is 1. The van der Waals surface area contributed by atoms with Crippen molar-refractivity contribution >= 4 is 44.4 Å². The van der Waals surface area contributed by atoms with Gasteiger partial charge in [0.15, 0.2) is 0 Å². The monoisotopic (exact) mass is 472 g/mol. The van der Waals surface area contributed by atoms with Gasteiger partial charge in [-0.15, -0.1) is 22.7 Å². The largest absolute Gasteiger partial charge is 0.507 e. The number of sulfonamides is 1. The number of ether oxygens (including phenoxy) is 1. The number of anilines is 1. The number of carbonyl (C=O) groups is 1. The van der Waals surface area contributed by atoms with E-state index < -0.39 is 16.0 Å². The molecule has 10 heteroatoms. The van der Waals surface area contributed by atoms with Crippen LogP contribution in [0.4, 0.5) is 5.69 Å². The number of rotatable bonds is 7. The van der Waals surface area contributed by atoms with E-state index in [1.165, 1.54) is 35.6 Å². The summed E-state index contributed by atoms with van der Waals surface area (Å²) in [6, 6.07) is 16.6. The zero-order chi connectivity index (χ0) is 21.8. The van der Waals surface area contributed by atoms with Crippen LogP contribution in [0.15, 0.2) is 75.6 Å². The lowest BCUT2D eigenvalue weighted by Crippen LogP contribution is -2.12. The van der Waals surface area contributed by atoms with Gasteiger partial charge in [-0.2, -0.15) is 0 Å². The molecule has 2 aromatic heterocycles. The summed E-state index contributed by atoms with van der Waals surface area (Å²) >= 11 is 2.50. The molecule has 2 heterocycles. The summed E-state index contributed by atoms with van der Waals surface area (Å²) in [6.45, 7) is -0.0766. The SMILES string of the molecule is O=C(OCc1csc(-c2ccccc2)n1)c1cc(NS(=O)(=O)c2cccs2)ccc1O. The Morgan fingerprint density at radius 3 is 2.61 bits per heavy atom. The zero-order valence-corrected chi connectivity index (χ0v) is 18.3. The minimum atomic E-state index is -3.78. The third-order valence-electron chi connectivity index (χ3n) is 4.15. The number of hydrogen-bond donors (Lipinski definition) is 2. The second-order valence-electron chi connectivity index (χ2n) is 6.36. The number of phenols is 1. The molecule has 0 aliphatic carbocycles. The molecule has 4 aromatic rings. The van der Waals surface area contributed by atoms with Crippen LogP contribution < -0.4 is 4.72 Å². The van der Waals surface area contributed by atoms with E-state index >= 15 is 0 Å². The van der Waals surface area contributed by atoms with Gasteiger partial charge in [0, 0.05) is 16.6 Å². The number of aromatic nitrogens is 1. The number of carbonyl (C=O) groups excluding carboxylic acids is 1. The van der Waals surface area contributed by atoms with E-state index in [2.05, 4.69) is 9.71 Å². The molecule has 4 rings (SSSR count). The molecule has 31 heavy (non-hydrogen) atoms. The van der Waals surface area contributed by atoms with Crippen LogP contribution >= 0.6 is 22.7 Å². The maximum absolute atomic E-state index is 12.5. The van der Waals surface area contributed by atoms with Gasteiger partial charge in [0.05, 0.1) is 5.69 Å². The molecule has 0 aliphatic rings. The quantitative estimate of drug-likeness (QED) is 0.297. The highest BCUT2D eigenvalue weighted by molar-refractivity contribution is 7.94. The fourth-order valence-corrected chi connectivity index (χ4v) is 5.54. The van der Waals surface area contributed by atoms with Crippen LogP contribution in [0.1, 0.15) is 16.1 Å². The molecular weight excluding hydrogens is 456 g/mol. The number of hydrogen-bond acceptors (Lipinski definition) is 8. The van der Waals surface area contributed by atoms with Crippen LogP contribution in [0.5, 0.6) is 5.75 Å². The molecule has 0 fully saturated rings. The Morgan fingerprint density at radius 1 is 1.06 bits per heavy atom. The van der Waals surface area contributed by atoms with Crippen LogP contribution in [-0.4, -0.2) is 24.5 Å². The van der Waals surface area contributed by atoms with E-state index in [4.69, 9.17) is 4.74 Å². The van der Waals surface area contributed by atoms with Crippen molar-refractivity contribution in [3.8, 4) is 16.3 Å². The molecule has 0 radical (unpaired) electrons. The molecule has 0 saturated carbocycles. The summed E-state index contributed by atoms with van der Waals surface area (Å²) in [7, 11) is -3.78. The first-order valence-corrected chi connectivity index (χ1v) is 12.2. The van der Waals surface area contributed by atoms with E-state index in [0.717, 1.165) is 21.9 Å². The van der Waals surface area contributed by atoms with Gasteiger partial charge in [-0.3, -0.25) is 4.72 Å². The summed E-state index contributed by atoms with van der Waals surface area (Å²) < 4.78 is 32.5. The number of thiazole rings is 1. The number of aromatic hydroxyl groups is 1. The predicted octanol–water partition coefficient (Wildman–Crippen LogP) is 4.74. The van der Waals surface area contributed by atoms with Crippen LogP contribution in [-0.2, 0) is 21.4 Å². The van der Waals surface area contributed by atoms with E-state index in [0.29, 0.717) is 5.69 Å². The van der Waals surface area contributed by atoms with Crippen molar-refractivity contribution in [1.29, 1.82) is 0 Å². The second-order valence-corrected chi connectivity index (χ2v) is 10.1. The maximum Gasteiger partial charge on any atom is 0.342 e. The fourth-order valence-electron chi connectivity index (χ4n) is 2.69. The lowest BCUT2D eigenvalue weighted by Gasteiger charge is -2.10. The first-order chi connectivity index (χ1) is 14.9. The second kappa shape index (κ2) is 8.88. The summed E-state index contributed by atoms with van der Waals surface area (Å²) in [5, 5.41) is 14.3. The van der Waals surface area contributed by atoms with Crippen molar-refractivity contribution in [2.75, 3.05) is 4.72 Å². The van der Waals surface area contributed by atoms with E-state index in [1.807, 2.05) is 30.3 Å². The van der Waals surface area contributed by atoms with Crippen molar-refractivity contribution in [3.63, 3.8) is 0 Å². The van der Waals surface area contributed by atoms with Crippen molar-refractivity contribution in [3.05, 3.63) is 82.7 Å². The molecule has 0 aliphatic heterocycles. The molecule has 158 valence electrons. The smallest absolute Gasteiger partial charge is 0.342 e. The summed E-state index contributed by atoms with van der Waals surface area (Å²) in [5.41, 5.74) is 1.53. The maximum atomic E-state index is 12.5. The highest BCUT2D eigenvalue weighted by atomic mass is 32.2. The van der Waals surface area contributed by atoms with Crippen molar-refractivity contribution in [2.45, 2.75) is 10.8 Å². The molecule has 2 N–H and O–H groups in total. The van der Waals surface area contributed by atoms with Crippen molar-refractivity contribution in [1.82, 2.24) is 4.98 Å². The summed E-state index contributed by atoms with van der Waals surface area (Å²) in [5.74, 6) is -1.10. The number of benzene rings is 2. The zero-order valence-electron chi connectivity index (χ0n) is 15.9. The van der Waals surface area contributed by atoms with Gasteiger partial charge in [-0.05, 0) is 29.6 Å². The standard InChI is InChI=1S/C21H16N2O5S3/c24-18-9-8-15(23-31(26,27)19-7-4-10-29-19)11-17(18)21(25)28-12-16-13-30-20(22-16)14-5-2-1-3-6-14/h1-11,13,23-24H,12H2. The van der Waals surface area contributed by atoms with Crippen LogP contribution in [0.2, 0.25) is 0 Å². The average Bonchev–Trinajstić information content (AvgIpc) is 3.47. The number of nitrogens with one attached hydrogen (secondary N) is 1. The predicted molar refractivity (Wildman–Crippen MR) is 120 cm³/mol. The fraction of sp³-hybridized carbons (Fsp3) is 0.0476. The Bertz CT molecular complexity index is 1300. The molecule has 0 spiro atoms. The molecule has 0 amide bonds. The van der Waals surface area contributed by atoms with Gasteiger partial charge in [0.25, 0.3) is 10.0 Å². The Morgan fingerprint density at radius 2 is 1.87 bits per heavy atom. The number of phenolic OH excluding ortho intramolecular Hbond substituents is 1. The molecule has 0 saturated heterocycles. The lowest BCUT2D eigenvalue weighted by atomic mass is 10.2. The van der Waals surface area contributed by atoms with Gasteiger partial charge in [0.2, 0.25) is 0 Å². The Labute approximate surface area is 186 Å². The average molecular weight is 473 g/mol. The summed E-state index contributed by atoms with van der Waals surface area (Å²) in [6.07, 6.45) is 0. The van der Waals surface area contributed by atoms with E-state index in [-0.39, 0.29) is 27.8 Å². The first-order valence-electron chi connectivity index (χ1n) is 8.99. The van der Waals surface area contributed by atoms with Crippen LogP contribution in [0.3, 0.4) is 0 Å².